The van der Waals surface area contributed by atoms with Crippen molar-refractivity contribution in [3.05, 3.63) is 34.4 Å². The minimum Gasteiger partial charge on any atom is -0.454 e. The molecule has 5 nitrogen and oxygen atoms in total. The van der Waals surface area contributed by atoms with E-state index in [9.17, 15) is 9.59 Å². The average molecular weight is 244 g/mol. The Labute approximate surface area is 102 Å². The molecule has 3 heterocycles. The lowest BCUT2D eigenvalue weighted by molar-refractivity contribution is -0.107. The summed E-state index contributed by atoms with van der Waals surface area (Å²) in [5.74, 6) is 1.31. The topological polar surface area (TPSA) is 61.8 Å². The SMILES string of the molecule is O=CC1=C(C=O)[C@@H]2O[C@H]1c1cc3c(cc12)OCO3. The van der Waals surface area contributed by atoms with Gasteiger partial charge in [-0.1, -0.05) is 0 Å². The molecule has 90 valence electrons. The molecule has 4 rings (SSSR count). The van der Waals surface area contributed by atoms with E-state index in [0.29, 0.717) is 35.2 Å². The summed E-state index contributed by atoms with van der Waals surface area (Å²) in [5, 5.41) is 0. The van der Waals surface area contributed by atoms with Crippen LogP contribution in [0.15, 0.2) is 23.3 Å². The number of benzene rings is 1. The zero-order chi connectivity index (χ0) is 12.3. The second-order valence-electron chi connectivity index (χ2n) is 4.38. The van der Waals surface area contributed by atoms with Crippen molar-refractivity contribution in [2.45, 2.75) is 12.2 Å². The molecule has 0 amide bonds. The molecule has 0 saturated heterocycles. The molecule has 0 aliphatic carbocycles. The van der Waals surface area contributed by atoms with Crippen LogP contribution in [0.1, 0.15) is 23.3 Å². The van der Waals surface area contributed by atoms with Gasteiger partial charge in [0.05, 0.1) is 0 Å². The van der Waals surface area contributed by atoms with E-state index >= 15 is 0 Å². The molecule has 2 atom stereocenters. The van der Waals surface area contributed by atoms with Crippen molar-refractivity contribution >= 4 is 12.6 Å². The fourth-order valence-corrected chi connectivity index (χ4v) is 2.75. The summed E-state index contributed by atoms with van der Waals surface area (Å²) in [4.78, 5) is 22.1. The number of carbonyl (C=O) groups excluding carboxylic acids is 2. The lowest BCUT2D eigenvalue weighted by Crippen LogP contribution is -2.06. The van der Waals surface area contributed by atoms with Crippen LogP contribution in [0.4, 0.5) is 0 Å². The van der Waals surface area contributed by atoms with Gasteiger partial charge in [0.2, 0.25) is 6.79 Å². The molecule has 2 bridgehead atoms. The molecule has 3 aliphatic rings. The highest BCUT2D eigenvalue weighted by Crippen LogP contribution is 2.55. The molecule has 1 aromatic carbocycles. The van der Waals surface area contributed by atoms with E-state index in [4.69, 9.17) is 14.2 Å². The second kappa shape index (κ2) is 3.20. The lowest BCUT2D eigenvalue weighted by Gasteiger charge is -2.13. The van der Waals surface area contributed by atoms with Crippen molar-refractivity contribution in [1.82, 2.24) is 0 Å². The highest BCUT2D eigenvalue weighted by molar-refractivity contribution is 5.92. The van der Waals surface area contributed by atoms with E-state index in [-0.39, 0.29) is 6.79 Å². The van der Waals surface area contributed by atoms with E-state index < -0.39 is 12.2 Å². The smallest absolute Gasteiger partial charge is 0.231 e. The molecule has 0 spiro atoms. The Morgan fingerprint density at radius 1 is 0.944 bits per heavy atom. The van der Waals surface area contributed by atoms with Crippen LogP contribution < -0.4 is 9.47 Å². The average Bonchev–Trinajstić information content (AvgIpc) is 3.07. The summed E-state index contributed by atoms with van der Waals surface area (Å²) in [6.07, 6.45) is 0.499. The Bertz CT molecular complexity index is 565. The molecule has 0 fully saturated rings. The van der Waals surface area contributed by atoms with Crippen molar-refractivity contribution in [2.75, 3.05) is 6.79 Å². The minimum atomic E-state index is -0.447. The van der Waals surface area contributed by atoms with E-state index in [0.717, 1.165) is 11.1 Å². The first-order chi connectivity index (χ1) is 8.83. The molecule has 0 saturated carbocycles. The Balaban J connectivity index is 1.92. The van der Waals surface area contributed by atoms with Crippen LogP contribution in [-0.2, 0) is 14.3 Å². The normalized spacial score (nSPS) is 26.4. The Hall–Kier alpha value is -2.14. The predicted molar refractivity (Wildman–Crippen MR) is 58.3 cm³/mol. The van der Waals surface area contributed by atoms with Gasteiger partial charge in [0.15, 0.2) is 11.5 Å². The number of aldehydes is 2. The quantitative estimate of drug-likeness (QED) is 0.732. The molecule has 0 unspecified atom stereocenters. The van der Waals surface area contributed by atoms with Gasteiger partial charge in [-0.3, -0.25) is 9.59 Å². The first-order valence-electron chi connectivity index (χ1n) is 5.57. The zero-order valence-corrected chi connectivity index (χ0v) is 9.21. The van der Waals surface area contributed by atoms with Crippen molar-refractivity contribution in [3.8, 4) is 11.5 Å². The van der Waals surface area contributed by atoms with Gasteiger partial charge in [0.1, 0.15) is 24.8 Å². The molecule has 0 aromatic heterocycles. The first-order valence-corrected chi connectivity index (χ1v) is 5.57. The van der Waals surface area contributed by atoms with Crippen LogP contribution in [0.25, 0.3) is 0 Å². The predicted octanol–water partition coefficient (Wildman–Crippen LogP) is 1.24. The van der Waals surface area contributed by atoms with Crippen molar-refractivity contribution in [1.29, 1.82) is 0 Å². The van der Waals surface area contributed by atoms with Crippen LogP contribution in [-0.4, -0.2) is 19.4 Å². The number of rotatable bonds is 2. The summed E-state index contributed by atoms with van der Waals surface area (Å²) in [6, 6.07) is 3.65. The Morgan fingerprint density at radius 3 is 1.89 bits per heavy atom. The van der Waals surface area contributed by atoms with Gasteiger partial charge in [-0.15, -0.1) is 0 Å². The van der Waals surface area contributed by atoms with Crippen molar-refractivity contribution in [2.24, 2.45) is 0 Å². The molecule has 5 heteroatoms. The first kappa shape index (κ1) is 9.85. The summed E-state index contributed by atoms with van der Waals surface area (Å²) in [5.41, 5.74) is 2.61. The summed E-state index contributed by atoms with van der Waals surface area (Å²) >= 11 is 0. The number of carbonyl (C=O) groups is 2. The lowest BCUT2D eigenvalue weighted by atomic mass is 9.87. The zero-order valence-electron chi connectivity index (χ0n) is 9.21. The molecular weight excluding hydrogens is 236 g/mol. The number of ether oxygens (including phenoxy) is 3. The van der Waals surface area contributed by atoms with Gasteiger partial charge in [0, 0.05) is 11.1 Å². The van der Waals surface area contributed by atoms with Gasteiger partial charge in [-0.25, -0.2) is 0 Å². The van der Waals surface area contributed by atoms with Gasteiger partial charge in [-0.2, -0.15) is 0 Å². The fraction of sp³-hybridized carbons (Fsp3) is 0.231. The largest absolute Gasteiger partial charge is 0.454 e. The monoisotopic (exact) mass is 244 g/mol. The van der Waals surface area contributed by atoms with Crippen molar-refractivity contribution < 1.29 is 23.8 Å². The van der Waals surface area contributed by atoms with Gasteiger partial charge >= 0.3 is 0 Å². The van der Waals surface area contributed by atoms with E-state index in [1.54, 1.807) is 0 Å². The van der Waals surface area contributed by atoms with Crippen LogP contribution in [0, 0.1) is 0 Å². The number of hydrogen-bond donors (Lipinski definition) is 0. The molecule has 1 aromatic rings. The Kier molecular flexibility index (Phi) is 1.75. The van der Waals surface area contributed by atoms with E-state index in [1.807, 2.05) is 12.1 Å². The Morgan fingerprint density at radius 2 is 1.44 bits per heavy atom. The molecular formula is C13H8O5. The van der Waals surface area contributed by atoms with Crippen LogP contribution in [0.3, 0.4) is 0 Å². The highest BCUT2D eigenvalue weighted by atomic mass is 16.7. The minimum absolute atomic E-state index is 0.197. The van der Waals surface area contributed by atoms with E-state index in [1.165, 1.54) is 0 Å². The second-order valence-corrected chi connectivity index (χ2v) is 4.38. The summed E-state index contributed by atoms with van der Waals surface area (Å²) < 4.78 is 16.3. The van der Waals surface area contributed by atoms with Crippen LogP contribution in [0.2, 0.25) is 0 Å². The maximum Gasteiger partial charge on any atom is 0.231 e. The molecule has 18 heavy (non-hydrogen) atoms. The van der Waals surface area contributed by atoms with Gasteiger partial charge in [0.25, 0.3) is 0 Å². The number of fused-ring (bicyclic) bond motifs is 6. The van der Waals surface area contributed by atoms with Crippen LogP contribution >= 0.6 is 0 Å². The van der Waals surface area contributed by atoms with Gasteiger partial charge in [-0.05, 0) is 23.3 Å². The highest BCUT2D eigenvalue weighted by Gasteiger charge is 2.45. The van der Waals surface area contributed by atoms with Crippen LogP contribution in [0.5, 0.6) is 11.5 Å². The third kappa shape index (κ3) is 1.00. The summed E-state index contributed by atoms with van der Waals surface area (Å²) in [7, 11) is 0. The molecule has 0 radical (unpaired) electrons. The molecule has 0 N–H and O–H groups in total. The number of hydrogen-bond acceptors (Lipinski definition) is 5. The third-order valence-corrected chi connectivity index (χ3v) is 3.57. The fourth-order valence-electron chi connectivity index (χ4n) is 2.75. The van der Waals surface area contributed by atoms with Crippen molar-refractivity contribution in [3.63, 3.8) is 0 Å². The maximum atomic E-state index is 11.1. The summed E-state index contributed by atoms with van der Waals surface area (Å²) in [6.45, 7) is 0.197. The third-order valence-electron chi connectivity index (χ3n) is 3.57. The van der Waals surface area contributed by atoms with E-state index in [2.05, 4.69) is 0 Å². The standard InChI is InChI=1S/C13H8O5/c14-3-8-9(4-15)13-7-2-11-10(16-5-17-11)1-6(7)12(8)18-13/h1-4,12-13H,5H2/t12-,13+. The maximum absolute atomic E-state index is 11.1. The van der Waals surface area contributed by atoms with Gasteiger partial charge < -0.3 is 14.2 Å². The molecule has 3 aliphatic heterocycles.